The number of fused-ring (bicyclic) bond motifs is 1. The molecule has 5 heterocycles. The highest BCUT2D eigenvalue weighted by Gasteiger charge is 2.10. The molecule has 9 heteroatoms. The molecule has 5 N–H and O–H groups in total. The highest BCUT2D eigenvalue weighted by atomic mass is 15.4. The van der Waals surface area contributed by atoms with Gasteiger partial charge in [-0.15, -0.1) is 0 Å². The lowest BCUT2D eigenvalue weighted by Crippen LogP contribution is -2.33. The van der Waals surface area contributed by atoms with Crippen LogP contribution in [0, 0.1) is 5.92 Å². The molecule has 166 valence electrons. The van der Waals surface area contributed by atoms with Gasteiger partial charge in [0.05, 0.1) is 23.8 Å². The second kappa shape index (κ2) is 8.62. The molecule has 1 aliphatic heterocycles. The Kier molecular flexibility index (Phi) is 5.35. The van der Waals surface area contributed by atoms with E-state index in [1.165, 1.54) is 5.57 Å². The minimum atomic E-state index is 0.421. The van der Waals surface area contributed by atoms with E-state index in [9.17, 15) is 0 Å². The van der Waals surface area contributed by atoms with Crippen molar-refractivity contribution in [3.05, 3.63) is 84.4 Å². The molecule has 4 aromatic heterocycles. The van der Waals surface area contributed by atoms with Crippen LogP contribution in [0.1, 0.15) is 19.4 Å². The molecule has 0 saturated heterocycles. The van der Waals surface area contributed by atoms with E-state index in [1.54, 1.807) is 12.3 Å². The molecule has 0 spiro atoms. The summed E-state index contributed by atoms with van der Waals surface area (Å²) in [5.41, 5.74) is 17.6. The van der Waals surface area contributed by atoms with Crippen LogP contribution in [0.25, 0.3) is 22.2 Å². The third-order valence-electron chi connectivity index (χ3n) is 5.38. The molecular formula is C24H25N9. The van der Waals surface area contributed by atoms with Crippen LogP contribution in [-0.4, -0.2) is 24.7 Å². The number of rotatable bonds is 6. The smallest absolute Gasteiger partial charge is 0.132 e. The number of hydrogen-bond donors (Lipinski definition) is 4. The van der Waals surface area contributed by atoms with Gasteiger partial charge in [0, 0.05) is 35.9 Å². The molecule has 0 aromatic carbocycles. The number of hydrazine groups is 1. The highest BCUT2D eigenvalue weighted by molar-refractivity contribution is 5.81. The van der Waals surface area contributed by atoms with Crippen molar-refractivity contribution in [3.63, 3.8) is 0 Å². The number of nitrogens with zero attached hydrogens (tertiary/aromatic N) is 5. The summed E-state index contributed by atoms with van der Waals surface area (Å²) in [7, 11) is 0. The summed E-state index contributed by atoms with van der Waals surface area (Å²) in [6.45, 7) is 4.93. The lowest BCUT2D eigenvalue weighted by atomic mass is 10.0. The van der Waals surface area contributed by atoms with Crippen molar-refractivity contribution < 1.29 is 0 Å². The van der Waals surface area contributed by atoms with Crippen molar-refractivity contribution in [1.29, 1.82) is 0 Å². The van der Waals surface area contributed by atoms with Gasteiger partial charge < -0.3 is 16.5 Å². The first-order valence-electron chi connectivity index (χ1n) is 10.7. The molecule has 0 saturated carbocycles. The van der Waals surface area contributed by atoms with Crippen LogP contribution < -0.4 is 21.9 Å². The predicted molar refractivity (Wildman–Crippen MR) is 129 cm³/mol. The Balaban J connectivity index is 1.36. The summed E-state index contributed by atoms with van der Waals surface area (Å²) >= 11 is 0. The Morgan fingerprint density at radius 1 is 1.03 bits per heavy atom. The summed E-state index contributed by atoms with van der Waals surface area (Å²) in [4.78, 5) is 13.5. The van der Waals surface area contributed by atoms with Crippen molar-refractivity contribution >= 4 is 22.7 Å². The van der Waals surface area contributed by atoms with E-state index < -0.39 is 0 Å². The molecule has 1 aliphatic rings. The van der Waals surface area contributed by atoms with Gasteiger partial charge in [0.2, 0.25) is 0 Å². The molecule has 0 amide bonds. The number of allylic oxidation sites excluding steroid dienone is 2. The average molecular weight is 440 g/mol. The van der Waals surface area contributed by atoms with E-state index in [4.69, 9.17) is 10.7 Å². The Labute approximate surface area is 191 Å². The molecule has 0 unspecified atom stereocenters. The van der Waals surface area contributed by atoms with E-state index in [-0.39, 0.29) is 0 Å². The number of anilines is 2. The molecule has 33 heavy (non-hydrogen) atoms. The van der Waals surface area contributed by atoms with Crippen LogP contribution in [0.4, 0.5) is 11.6 Å². The van der Waals surface area contributed by atoms with Gasteiger partial charge >= 0.3 is 0 Å². The Morgan fingerprint density at radius 3 is 2.76 bits per heavy atom. The zero-order valence-electron chi connectivity index (χ0n) is 18.4. The van der Waals surface area contributed by atoms with Crippen LogP contribution in [0.3, 0.4) is 0 Å². The summed E-state index contributed by atoms with van der Waals surface area (Å²) in [5.74, 6) is 2.51. The zero-order chi connectivity index (χ0) is 22.8. The number of hydrogen-bond acceptors (Lipinski definition) is 8. The standard InChI is InChI=1S/C24H25N9/c1-15(2)17-8-24(32-28-11-17)31-23-6-4-20-21(30-23)7-18(10-26-20)19-12-29-33(14-19)13-16-3-5-22(25)27-9-16/h3-12,14-15,28,32H,13H2,1-2H3,(H2,25,27)(H,30,31). The van der Waals surface area contributed by atoms with E-state index in [0.717, 1.165) is 39.4 Å². The zero-order valence-corrected chi connectivity index (χ0v) is 18.4. The highest BCUT2D eigenvalue weighted by Crippen LogP contribution is 2.23. The Hall–Kier alpha value is -4.40. The van der Waals surface area contributed by atoms with Gasteiger partial charge in [0.25, 0.3) is 0 Å². The molecular weight excluding hydrogens is 414 g/mol. The lowest BCUT2D eigenvalue weighted by Gasteiger charge is -2.20. The first-order valence-corrected chi connectivity index (χ1v) is 10.7. The summed E-state index contributed by atoms with van der Waals surface area (Å²) in [6, 6.07) is 9.65. The fourth-order valence-corrected chi connectivity index (χ4v) is 3.53. The van der Waals surface area contributed by atoms with Crippen LogP contribution in [0.2, 0.25) is 0 Å². The first-order chi connectivity index (χ1) is 16.0. The van der Waals surface area contributed by atoms with Gasteiger partial charge in [0.1, 0.15) is 17.5 Å². The normalized spacial score (nSPS) is 13.3. The van der Waals surface area contributed by atoms with Crippen LogP contribution in [0.5, 0.6) is 0 Å². The minimum absolute atomic E-state index is 0.421. The fourth-order valence-electron chi connectivity index (χ4n) is 3.53. The van der Waals surface area contributed by atoms with Gasteiger partial charge in [0.15, 0.2) is 0 Å². The van der Waals surface area contributed by atoms with Gasteiger partial charge in [-0.25, -0.2) is 9.97 Å². The first kappa shape index (κ1) is 20.5. The maximum Gasteiger partial charge on any atom is 0.132 e. The van der Waals surface area contributed by atoms with Crippen LogP contribution in [-0.2, 0) is 6.54 Å². The number of nitrogens with two attached hydrogens (primary N) is 1. The number of aromatic nitrogens is 5. The SMILES string of the molecule is CC(C)C1=CNNC(Nc2ccc3ncc(-c4cnn(Cc5ccc(N)nc5)c4)cc3n2)=C1. The maximum atomic E-state index is 5.66. The third kappa shape index (κ3) is 4.62. The largest absolute Gasteiger partial charge is 0.384 e. The molecule has 0 radical (unpaired) electrons. The Bertz CT molecular complexity index is 1350. The van der Waals surface area contributed by atoms with Crippen molar-refractivity contribution in [2.24, 2.45) is 5.92 Å². The van der Waals surface area contributed by atoms with E-state index in [2.05, 4.69) is 51.2 Å². The quantitative estimate of drug-likeness (QED) is 0.361. The monoisotopic (exact) mass is 439 g/mol. The predicted octanol–water partition coefficient (Wildman–Crippen LogP) is 3.42. The number of nitrogen functional groups attached to an aromatic ring is 1. The molecule has 5 rings (SSSR count). The molecule has 4 aromatic rings. The van der Waals surface area contributed by atoms with Crippen molar-refractivity contribution in [3.8, 4) is 11.1 Å². The maximum absolute atomic E-state index is 5.66. The molecule has 9 nitrogen and oxygen atoms in total. The van der Waals surface area contributed by atoms with Gasteiger partial charge in [-0.2, -0.15) is 5.10 Å². The molecule has 0 aliphatic carbocycles. The second-order valence-electron chi connectivity index (χ2n) is 8.23. The average Bonchev–Trinajstić information content (AvgIpc) is 3.29. The lowest BCUT2D eigenvalue weighted by molar-refractivity contribution is 0.677. The van der Waals surface area contributed by atoms with Gasteiger partial charge in [-0.1, -0.05) is 19.9 Å². The van der Waals surface area contributed by atoms with Crippen molar-refractivity contribution in [2.45, 2.75) is 20.4 Å². The third-order valence-corrected chi connectivity index (χ3v) is 5.38. The van der Waals surface area contributed by atoms with E-state index in [1.807, 2.05) is 53.7 Å². The van der Waals surface area contributed by atoms with Crippen molar-refractivity contribution in [2.75, 3.05) is 11.1 Å². The van der Waals surface area contributed by atoms with Gasteiger partial charge in [-0.3, -0.25) is 15.1 Å². The fraction of sp³-hybridized carbons (Fsp3) is 0.167. The van der Waals surface area contributed by atoms with Gasteiger partial charge in [-0.05, 0) is 47.4 Å². The van der Waals surface area contributed by atoms with Crippen LogP contribution >= 0.6 is 0 Å². The van der Waals surface area contributed by atoms with Crippen molar-refractivity contribution in [1.82, 2.24) is 35.6 Å². The summed E-state index contributed by atoms with van der Waals surface area (Å²) in [6.07, 6.45) is 11.5. The summed E-state index contributed by atoms with van der Waals surface area (Å²) < 4.78 is 1.87. The molecule has 0 fully saturated rings. The molecule has 0 atom stereocenters. The Morgan fingerprint density at radius 2 is 1.94 bits per heavy atom. The second-order valence-corrected chi connectivity index (χ2v) is 8.23. The molecule has 0 bridgehead atoms. The topological polar surface area (TPSA) is 119 Å². The number of pyridine rings is 3. The number of nitrogens with one attached hydrogen (secondary N) is 3. The van der Waals surface area contributed by atoms with Crippen LogP contribution in [0.15, 0.2) is 78.8 Å². The van der Waals surface area contributed by atoms with E-state index in [0.29, 0.717) is 18.3 Å². The minimum Gasteiger partial charge on any atom is -0.384 e. The summed E-state index contributed by atoms with van der Waals surface area (Å²) in [5, 5.41) is 7.80. The van der Waals surface area contributed by atoms with E-state index >= 15 is 0 Å².